The summed E-state index contributed by atoms with van der Waals surface area (Å²) in [5.74, 6) is 1.61. The van der Waals surface area contributed by atoms with Crippen molar-refractivity contribution in [3.63, 3.8) is 0 Å². The molecule has 0 saturated carbocycles. The number of H-pyrrole nitrogens is 1. The summed E-state index contributed by atoms with van der Waals surface area (Å²) in [6, 6.07) is 6.20. The molecule has 0 radical (unpaired) electrons. The maximum absolute atomic E-state index is 13.3. The first-order chi connectivity index (χ1) is 13.7. The first-order valence-corrected chi connectivity index (χ1v) is 10.7. The summed E-state index contributed by atoms with van der Waals surface area (Å²) >= 11 is 0. The lowest BCUT2D eigenvalue weighted by atomic mass is 9.94. The molecular formula is C23H28N4O. The zero-order chi connectivity index (χ0) is 19.1. The molecule has 1 aliphatic carbocycles. The number of amides is 1. The van der Waals surface area contributed by atoms with Gasteiger partial charge in [-0.3, -0.25) is 4.79 Å². The third kappa shape index (κ3) is 2.93. The van der Waals surface area contributed by atoms with Gasteiger partial charge in [0.25, 0.3) is 5.91 Å². The van der Waals surface area contributed by atoms with Crippen LogP contribution in [0.3, 0.4) is 0 Å². The number of hydrogen-bond donors (Lipinski definition) is 1. The van der Waals surface area contributed by atoms with Crippen LogP contribution in [0.5, 0.6) is 0 Å². The lowest BCUT2D eigenvalue weighted by Gasteiger charge is -2.32. The van der Waals surface area contributed by atoms with E-state index in [-0.39, 0.29) is 5.91 Å². The first kappa shape index (κ1) is 17.5. The van der Waals surface area contributed by atoms with Crippen LogP contribution in [0.1, 0.15) is 66.0 Å². The second-order valence-electron chi connectivity index (χ2n) is 8.21. The molecule has 1 amide bonds. The van der Waals surface area contributed by atoms with Gasteiger partial charge in [-0.1, -0.05) is 0 Å². The number of aromatic nitrogens is 3. The number of benzene rings is 1. The summed E-state index contributed by atoms with van der Waals surface area (Å²) < 4.78 is 2.21. The van der Waals surface area contributed by atoms with E-state index in [0.29, 0.717) is 5.92 Å². The molecule has 0 spiro atoms. The number of piperidine rings is 1. The lowest BCUT2D eigenvalue weighted by molar-refractivity contribution is 0.0703. The van der Waals surface area contributed by atoms with Crippen molar-refractivity contribution >= 4 is 16.8 Å². The van der Waals surface area contributed by atoms with Crippen LogP contribution in [0.25, 0.3) is 10.9 Å². The van der Waals surface area contributed by atoms with Crippen molar-refractivity contribution < 1.29 is 4.79 Å². The van der Waals surface area contributed by atoms with Crippen molar-refractivity contribution in [2.75, 3.05) is 13.1 Å². The number of likely N-dealkylation sites (tertiary alicyclic amines) is 1. The van der Waals surface area contributed by atoms with Crippen LogP contribution in [0.2, 0.25) is 0 Å². The number of imidazole rings is 1. The zero-order valence-electron chi connectivity index (χ0n) is 16.6. The molecule has 0 bridgehead atoms. The van der Waals surface area contributed by atoms with Crippen LogP contribution >= 0.6 is 0 Å². The van der Waals surface area contributed by atoms with Gasteiger partial charge in [-0.2, -0.15) is 0 Å². The third-order valence-electron chi connectivity index (χ3n) is 6.51. The van der Waals surface area contributed by atoms with Crippen molar-refractivity contribution in [2.45, 2.75) is 57.9 Å². The zero-order valence-corrected chi connectivity index (χ0v) is 16.6. The molecule has 1 atom stereocenters. The van der Waals surface area contributed by atoms with Crippen molar-refractivity contribution in [3.05, 3.63) is 53.2 Å². The Labute approximate surface area is 165 Å². The summed E-state index contributed by atoms with van der Waals surface area (Å²) in [5, 5.41) is 1.25. The predicted octanol–water partition coefficient (Wildman–Crippen LogP) is 4.28. The second-order valence-corrected chi connectivity index (χ2v) is 8.21. The van der Waals surface area contributed by atoms with Gasteiger partial charge in [0.15, 0.2) is 0 Å². The summed E-state index contributed by atoms with van der Waals surface area (Å²) in [6.45, 7) is 4.67. The van der Waals surface area contributed by atoms with E-state index in [4.69, 9.17) is 0 Å². The van der Waals surface area contributed by atoms with Gasteiger partial charge in [-0.25, -0.2) is 4.98 Å². The second kappa shape index (κ2) is 7.12. The highest BCUT2D eigenvalue weighted by molar-refractivity contribution is 5.99. The van der Waals surface area contributed by atoms with Gasteiger partial charge in [-0.15, -0.1) is 0 Å². The molecule has 1 unspecified atom stereocenters. The molecular weight excluding hydrogens is 348 g/mol. The topological polar surface area (TPSA) is 53.9 Å². The van der Waals surface area contributed by atoms with E-state index in [1.54, 1.807) is 0 Å². The van der Waals surface area contributed by atoms with Gasteiger partial charge < -0.3 is 14.5 Å². The minimum atomic E-state index is 0.159. The van der Waals surface area contributed by atoms with Gasteiger partial charge in [0.2, 0.25) is 0 Å². The molecule has 3 heterocycles. The van der Waals surface area contributed by atoms with E-state index in [1.165, 1.54) is 35.0 Å². The summed E-state index contributed by atoms with van der Waals surface area (Å²) in [6.07, 6.45) is 10.8. The highest BCUT2D eigenvalue weighted by Crippen LogP contribution is 2.31. The van der Waals surface area contributed by atoms with Gasteiger partial charge in [0.05, 0.1) is 0 Å². The van der Waals surface area contributed by atoms with Gasteiger partial charge in [0.1, 0.15) is 5.82 Å². The molecule has 3 aromatic rings. The average molecular weight is 377 g/mol. The van der Waals surface area contributed by atoms with Crippen molar-refractivity contribution in [2.24, 2.45) is 0 Å². The van der Waals surface area contributed by atoms with Crippen LogP contribution in [0, 0.1) is 0 Å². The van der Waals surface area contributed by atoms with E-state index in [9.17, 15) is 4.79 Å². The molecule has 1 N–H and O–H groups in total. The van der Waals surface area contributed by atoms with Crippen LogP contribution < -0.4 is 0 Å². The van der Waals surface area contributed by atoms with E-state index in [2.05, 4.69) is 33.6 Å². The maximum Gasteiger partial charge on any atom is 0.253 e. The van der Waals surface area contributed by atoms with Gasteiger partial charge >= 0.3 is 0 Å². The van der Waals surface area contributed by atoms with E-state index in [0.717, 1.165) is 56.7 Å². The molecule has 2 aromatic heterocycles. The van der Waals surface area contributed by atoms with Crippen molar-refractivity contribution in [3.8, 4) is 0 Å². The van der Waals surface area contributed by atoms with Crippen LogP contribution in [0.15, 0.2) is 30.6 Å². The Morgan fingerprint density at radius 2 is 2.14 bits per heavy atom. The Bertz CT molecular complexity index is 1010. The lowest BCUT2D eigenvalue weighted by Crippen LogP contribution is -2.39. The quantitative estimate of drug-likeness (QED) is 0.742. The first-order valence-electron chi connectivity index (χ1n) is 10.7. The van der Waals surface area contributed by atoms with E-state index < -0.39 is 0 Å². The van der Waals surface area contributed by atoms with Crippen LogP contribution in [-0.2, 0) is 19.4 Å². The number of nitrogens with one attached hydrogen (secondary N) is 1. The number of rotatable bonds is 3. The SMILES string of the molecule is CCn1ccnc1C1CCCN(C(=O)c2ccc3[nH]c4c(c3c2)CCCC4)C1. The highest BCUT2D eigenvalue weighted by Gasteiger charge is 2.28. The summed E-state index contributed by atoms with van der Waals surface area (Å²) in [7, 11) is 0. The fourth-order valence-corrected chi connectivity index (χ4v) is 5.04. The molecule has 28 heavy (non-hydrogen) atoms. The average Bonchev–Trinajstić information content (AvgIpc) is 3.37. The standard InChI is InChI=1S/C23H28N4O/c1-2-26-13-11-24-22(26)17-6-5-12-27(15-17)23(28)16-9-10-21-19(14-16)18-7-3-4-8-20(18)25-21/h9-11,13-14,17,25H,2-8,12,15H2,1H3. The number of aromatic amines is 1. The number of carbonyl (C=O) groups excluding carboxylic acids is 1. The molecule has 5 rings (SSSR count). The molecule has 1 aromatic carbocycles. The summed E-state index contributed by atoms with van der Waals surface area (Å²) in [4.78, 5) is 23.5. The molecule has 2 aliphatic rings. The number of hydrogen-bond acceptors (Lipinski definition) is 2. The highest BCUT2D eigenvalue weighted by atomic mass is 16.2. The van der Waals surface area contributed by atoms with E-state index >= 15 is 0 Å². The number of carbonyl (C=O) groups is 1. The number of aryl methyl sites for hydroxylation is 3. The van der Waals surface area contributed by atoms with Crippen molar-refractivity contribution in [1.82, 2.24) is 19.4 Å². The van der Waals surface area contributed by atoms with Crippen LogP contribution in [-0.4, -0.2) is 38.4 Å². The monoisotopic (exact) mass is 376 g/mol. The Kier molecular flexibility index (Phi) is 4.46. The molecule has 5 heteroatoms. The fraction of sp³-hybridized carbons (Fsp3) is 0.478. The van der Waals surface area contributed by atoms with Crippen molar-refractivity contribution in [1.29, 1.82) is 0 Å². The Morgan fingerprint density at radius 3 is 3.04 bits per heavy atom. The smallest absolute Gasteiger partial charge is 0.253 e. The largest absolute Gasteiger partial charge is 0.358 e. The predicted molar refractivity (Wildman–Crippen MR) is 111 cm³/mol. The Balaban J connectivity index is 1.41. The van der Waals surface area contributed by atoms with Gasteiger partial charge in [-0.05, 0) is 69.2 Å². The molecule has 5 nitrogen and oxygen atoms in total. The Hall–Kier alpha value is -2.56. The number of fused-ring (bicyclic) bond motifs is 3. The molecule has 146 valence electrons. The summed E-state index contributed by atoms with van der Waals surface area (Å²) in [5.41, 5.74) is 4.79. The fourth-order valence-electron chi connectivity index (χ4n) is 5.04. The molecule has 1 aliphatic heterocycles. The minimum absolute atomic E-state index is 0.159. The van der Waals surface area contributed by atoms with Gasteiger partial charge in [0, 0.05) is 60.1 Å². The molecule has 1 fully saturated rings. The third-order valence-corrected chi connectivity index (χ3v) is 6.51. The number of nitrogens with zero attached hydrogens (tertiary/aromatic N) is 3. The Morgan fingerprint density at radius 1 is 1.25 bits per heavy atom. The van der Waals surface area contributed by atoms with E-state index in [1.807, 2.05) is 23.4 Å². The minimum Gasteiger partial charge on any atom is -0.358 e. The normalized spacial score (nSPS) is 19.8. The molecule has 1 saturated heterocycles. The van der Waals surface area contributed by atoms with Crippen LogP contribution in [0.4, 0.5) is 0 Å². The maximum atomic E-state index is 13.3.